The maximum absolute atomic E-state index is 10.6. The van der Waals surface area contributed by atoms with Crippen LogP contribution in [0.4, 0.5) is 0 Å². The van der Waals surface area contributed by atoms with Crippen molar-refractivity contribution in [1.82, 2.24) is 0 Å². The highest BCUT2D eigenvalue weighted by atomic mass is 35.5. The van der Waals surface area contributed by atoms with Gasteiger partial charge in [0.1, 0.15) is 0 Å². The first-order valence-electron chi connectivity index (χ1n) is 2.59. The van der Waals surface area contributed by atoms with Crippen LogP contribution in [-0.4, -0.2) is 28.2 Å². The second-order valence-electron chi connectivity index (χ2n) is 1.99. The molecule has 0 bridgehead atoms. The Morgan fingerprint density at radius 2 is 2.00 bits per heavy atom. The molecule has 0 heterocycles. The summed E-state index contributed by atoms with van der Waals surface area (Å²) in [7, 11) is 0. The monoisotopic (exact) mass is 199 g/mol. The van der Waals surface area contributed by atoms with Gasteiger partial charge in [0, 0.05) is 5.75 Å². The molecule has 0 saturated heterocycles. The van der Waals surface area contributed by atoms with E-state index in [-0.39, 0.29) is 18.2 Å². The third kappa shape index (κ3) is 2.69. The Morgan fingerprint density at radius 1 is 1.64 bits per heavy atom. The molecule has 0 unspecified atom stereocenters. The predicted octanol–water partition coefficient (Wildman–Crippen LogP) is -0.291. The summed E-state index contributed by atoms with van der Waals surface area (Å²) in [5.74, 6) is -2.11. The summed E-state index contributed by atoms with van der Waals surface area (Å²) in [5, 5.41) is 8.41. The number of thiol groups is 1. The summed E-state index contributed by atoms with van der Waals surface area (Å²) < 4.78 is 0. The zero-order valence-corrected chi connectivity index (χ0v) is 7.61. The first kappa shape index (κ1) is 13.3. The summed E-state index contributed by atoms with van der Waals surface area (Å²) in [6, 6.07) is 0. The van der Waals surface area contributed by atoms with Gasteiger partial charge in [0.15, 0.2) is 11.3 Å². The van der Waals surface area contributed by atoms with Crippen molar-refractivity contribution in [2.75, 3.05) is 5.75 Å². The highest BCUT2D eigenvalue weighted by Gasteiger charge is 2.37. The molecule has 0 aromatic rings. The Bertz CT molecular complexity index is 159. The van der Waals surface area contributed by atoms with Crippen molar-refractivity contribution in [3.63, 3.8) is 0 Å². The van der Waals surface area contributed by atoms with Crippen LogP contribution in [0.25, 0.3) is 0 Å². The van der Waals surface area contributed by atoms with Gasteiger partial charge in [-0.25, -0.2) is 4.79 Å². The van der Waals surface area contributed by atoms with Crippen LogP contribution in [0, 0.1) is 0 Å². The van der Waals surface area contributed by atoms with Crippen LogP contribution in [0.1, 0.15) is 6.92 Å². The lowest BCUT2D eigenvalue weighted by atomic mass is 9.99. The number of hydrogen-bond donors (Lipinski definition) is 3. The molecule has 0 aliphatic rings. The van der Waals surface area contributed by atoms with E-state index in [4.69, 9.17) is 10.8 Å². The van der Waals surface area contributed by atoms with Crippen molar-refractivity contribution in [2.24, 2.45) is 5.73 Å². The van der Waals surface area contributed by atoms with Gasteiger partial charge in [-0.2, -0.15) is 12.6 Å². The molecule has 0 spiro atoms. The summed E-state index contributed by atoms with van der Waals surface area (Å²) in [6.07, 6.45) is 0. The molecule has 0 fully saturated rings. The highest BCUT2D eigenvalue weighted by Crippen LogP contribution is 2.04. The number of carboxylic acids is 1. The van der Waals surface area contributed by atoms with Gasteiger partial charge in [-0.15, -0.1) is 12.4 Å². The van der Waals surface area contributed by atoms with Crippen molar-refractivity contribution >= 4 is 36.8 Å². The Kier molecular flexibility index (Phi) is 5.56. The lowest BCUT2D eigenvalue weighted by molar-refractivity contribution is -0.146. The normalized spacial score (nSPS) is 14.5. The van der Waals surface area contributed by atoms with E-state index in [2.05, 4.69) is 12.6 Å². The molecule has 0 rings (SSSR count). The van der Waals surface area contributed by atoms with Crippen molar-refractivity contribution < 1.29 is 14.7 Å². The van der Waals surface area contributed by atoms with Gasteiger partial charge in [-0.1, -0.05) is 0 Å². The zero-order valence-electron chi connectivity index (χ0n) is 5.90. The summed E-state index contributed by atoms with van der Waals surface area (Å²) in [6.45, 7) is 1.13. The summed E-state index contributed by atoms with van der Waals surface area (Å²) >= 11 is 3.65. The maximum Gasteiger partial charge on any atom is 0.332 e. The molecule has 3 N–H and O–H groups in total. The van der Waals surface area contributed by atoms with Gasteiger partial charge in [0.2, 0.25) is 0 Å². The Hall–Kier alpha value is -0.260. The Balaban J connectivity index is 0. The highest BCUT2D eigenvalue weighted by molar-refractivity contribution is 7.80. The van der Waals surface area contributed by atoms with Crippen LogP contribution in [0.2, 0.25) is 0 Å². The lowest BCUT2D eigenvalue weighted by Gasteiger charge is -2.17. The van der Waals surface area contributed by atoms with Crippen LogP contribution in [0.3, 0.4) is 0 Å². The fourth-order valence-corrected chi connectivity index (χ4v) is 0.687. The fourth-order valence-electron chi connectivity index (χ4n) is 0.330. The van der Waals surface area contributed by atoms with Crippen LogP contribution in [0.15, 0.2) is 0 Å². The fraction of sp³-hybridized carbons (Fsp3) is 0.600. The smallest absolute Gasteiger partial charge is 0.332 e. The molecule has 6 heteroatoms. The van der Waals surface area contributed by atoms with Crippen LogP contribution in [0.5, 0.6) is 0 Å². The average Bonchev–Trinajstić information content (AvgIpc) is 1.85. The van der Waals surface area contributed by atoms with Crippen molar-refractivity contribution in [3.8, 4) is 0 Å². The zero-order chi connectivity index (χ0) is 8.36. The number of carbonyl (C=O) groups excluding carboxylic acids is 1. The SMILES string of the molecule is CC(=O)[C@](N)(CS)C(=O)O.Cl. The molecule has 0 aromatic heterocycles. The van der Waals surface area contributed by atoms with E-state index >= 15 is 0 Å². The quantitative estimate of drug-likeness (QED) is 0.431. The molecule has 1 atom stereocenters. The number of Topliss-reactive ketones (excluding diaryl/α,β-unsaturated/α-hetero) is 1. The minimum Gasteiger partial charge on any atom is -0.480 e. The summed E-state index contributed by atoms with van der Waals surface area (Å²) in [5.41, 5.74) is 3.34. The summed E-state index contributed by atoms with van der Waals surface area (Å²) in [4.78, 5) is 20.9. The molecule has 0 amide bonds. The number of carboxylic acid groups (broad SMARTS) is 1. The van der Waals surface area contributed by atoms with Crippen LogP contribution < -0.4 is 5.73 Å². The minimum atomic E-state index is -1.82. The number of rotatable bonds is 3. The molecule has 0 radical (unpaired) electrons. The molecule has 0 aliphatic carbocycles. The van der Waals surface area contributed by atoms with Crippen LogP contribution in [-0.2, 0) is 9.59 Å². The minimum absolute atomic E-state index is 0. The number of carbonyl (C=O) groups is 2. The first-order chi connectivity index (χ1) is 4.45. The molecule has 11 heavy (non-hydrogen) atoms. The second-order valence-corrected chi connectivity index (χ2v) is 2.31. The second kappa shape index (κ2) is 4.58. The Morgan fingerprint density at radius 3 is 2.00 bits per heavy atom. The molecule has 0 aliphatic heterocycles. The molecular formula is C5H10ClNO3S. The van der Waals surface area contributed by atoms with Gasteiger partial charge in [0.25, 0.3) is 0 Å². The molecule has 0 saturated carbocycles. The third-order valence-electron chi connectivity index (χ3n) is 1.26. The van der Waals surface area contributed by atoms with E-state index < -0.39 is 17.3 Å². The Labute approximate surface area is 76.0 Å². The van der Waals surface area contributed by atoms with Crippen LogP contribution >= 0.6 is 25.0 Å². The lowest BCUT2D eigenvalue weighted by Crippen LogP contribution is -2.55. The number of hydrogen-bond acceptors (Lipinski definition) is 4. The number of aliphatic carboxylic acids is 1. The van der Waals surface area contributed by atoms with Crippen molar-refractivity contribution in [3.05, 3.63) is 0 Å². The van der Waals surface area contributed by atoms with E-state index in [0.717, 1.165) is 6.92 Å². The molecule has 4 nitrogen and oxygen atoms in total. The van der Waals surface area contributed by atoms with Gasteiger partial charge >= 0.3 is 5.97 Å². The molecule has 0 aromatic carbocycles. The van der Waals surface area contributed by atoms with E-state index in [9.17, 15) is 9.59 Å². The van der Waals surface area contributed by atoms with E-state index in [1.807, 2.05) is 0 Å². The van der Waals surface area contributed by atoms with Gasteiger partial charge in [-0.3, -0.25) is 4.79 Å². The van der Waals surface area contributed by atoms with Gasteiger partial charge in [0.05, 0.1) is 0 Å². The maximum atomic E-state index is 10.6. The number of ketones is 1. The van der Waals surface area contributed by atoms with E-state index in [1.54, 1.807) is 0 Å². The van der Waals surface area contributed by atoms with E-state index in [0.29, 0.717) is 0 Å². The third-order valence-corrected chi connectivity index (χ3v) is 1.76. The number of nitrogens with two attached hydrogens (primary N) is 1. The van der Waals surface area contributed by atoms with E-state index in [1.165, 1.54) is 0 Å². The topological polar surface area (TPSA) is 80.4 Å². The average molecular weight is 200 g/mol. The molecular weight excluding hydrogens is 190 g/mol. The molecule has 66 valence electrons. The van der Waals surface area contributed by atoms with Gasteiger partial charge < -0.3 is 10.8 Å². The number of halogens is 1. The predicted molar refractivity (Wildman–Crippen MR) is 46.3 cm³/mol. The van der Waals surface area contributed by atoms with Gasteiger partial charge in [-0.05, 0) is 6.92 Å². The van der Waals surface area contributed by atoms with Crippen molar-refractivity contribution in [1.29, 1.82) is 0 Å². The largest absolute Gasteiger partial charge is 0.480 e. The van der Waals surface area contributed by atoms with Crippen molar-refractivity contribution in [2.45, 2.75) is 12.5 Å². The first-order valence-corrected chi connectivity index (χ1v) is 3.22. The standard InChI is InChI=1S/C5H9NO3S.ClH/c1-3(7)5(6,2-10)4(8)9;/h10H,2,6H2,1H3,(H,8,9);1H/t5-;/m1./s1.